The summed E-state index contributed by atoms with van der Waals surface area (Å²) in [7, 11) is 1.46. The van der Waals surface area contributed by atoms with Crippen LogP contribution in [0.4, 0.5) is 10.1 Å². The lowest BCUT2D eigenvalue weighted by molar-refractivity contribution is -0.117. The Morgan fingerprint density at radius 1 is 1.16 bits per heavy atom. The molecule has 4 rings (SSSR count). The van der Waals surface area contributed by atoms with Gasteiger partial charge in [-0.25, -0.2) is 9.37 Å². The number of amides is 1. The second-order valence-electron chi connectivity index (χ2n) is 7.90. The predicted octanol–water partition coefficient (Wildman–Crippen LogP) is 4.02. The van der Waals surface area contributed by atoms with Gasteiger partial charge in [0.1, 0.15) is 0 Å². The van der Waals surface area contributed by atoms with Crippen LogP contribution in [-0.4, -0.2) is 60.5 Å². The zero-order valence-electron chi connectivity index (χ0n) is 18.3. The van der Waals surface area contributed by atoms with Gasteiger partial charge in [0, 0.05) is 49.4 Å². The van der Waals surface area contributed by atoms with E-state index in [1.165, 1.54) is 13.2 Å². The number of nitrogens with zero attached hydrogens (tertiary/aromatic N) is 3. The Balaban J connectivity index is 1.25. The smallest absolute Gasteiger partial charge is 0.238 e. The van der Waals surface area contributed by atoms with Crippen molar-refractivity contribution in [3.63, 3.8) is 0 Å². The van der Waals surface area contributed by atoms with Gasteiger partial charge in [-0.1, -0.05) is 18.2 Å². The number of carbonyl (C=O) groups excluding carboxylic acids is 1. The molecular weight excluding hydrogens is 427 g/mol. The second kappa shape index (κ2) is 10.2. The van der Waals surface area contributed by atoms with E-state index >= 15 is 0 Å². The van der Waals surface area contributed by atoms with Crippen LogP contribution in [0.25, 0.3) is 11.3 Å². The summed E-state index contributed by atoms with van der Waals surface area (Å²) in [6.45, 7) is 6.28. The second-order valence-corrected chi connectivity index (χ2v) is 8.96. The largest absolute Gasteiger partial charge is 0.494 e. The van der Waals surface area contributed by atoms with E-state index in [0.717, 1.165) is 53.7 Å². The lowest BCUT2D eigenvalue weighted by Gasteiger charge is -2.34. The van der Waals surface area contributed by atoms with Crippen LogP contribution in [0.3, 0.4) is 0 Å². The molecule has 3 aromatic rings. The molecular formula is C24H27FN4O2S. The Hall–Kier alpha value is -2.81. The molecule has 0 spiro atoms. The van der Waals surface area contributed by atoms with Crippen LogP contribution in [-0.2, 0) is 11.3 Å². The van der Waals surface area contributed by atoms with Crippen molar-refractivity contribution in [2.75, 3.05) is 45.2 Å². The highest BCUT2D eigenvalue weighted by Crippen LogP contribution is 2.24. The fraction of sp³-hybridized carbons (Fsp3) is 0.333. The van der Waals surface area contributed by atoms with Gasteiger partial charge in [0.05, 0.1) is 24.4 Å². The average Bonchev–Trinajstić information content (AvgIpc) is 3.22. The Kier molecular flexibility index (Phi) is 7.14. The molecule has 1 aromatic heterocycles. The molecule has 168 valence electrons. The minimum Gasteiger partial charge on any atom is -0.494 e. The summed E-state index contributed by atoms with van der Waals surface area (Å²) >= 11 is 1.61. The van der Waals surface area contributed by atoms with Crippen molar-refractivity contribution in [2.24, 2.45) is 0 Å². The first-order valence-corrected chi connectivity index (χ1v) is 11.5. The van der Waals surface area contributed by atoms with Crippen molar-refractivity contribution in [1.29, 1.82) is 0 Å². The number of carbonyl (C=O) groups is 1. The Morgan fingerprint density at radius 3 is 2.62 bits per heavy atom. The zero-order valence-corrected chi connectivity index (χ0v) is 19.1. The fourth-order valence-electron chi connectivity index (χ4n) is 3.83. The molecule has 1 fully saturated rings. The van der Waals surface area contributed by atoms with E-state index in [4.69, 9.17) is 4.74 Å². The number of anilines is 1. The standard InChI is InChI=1S/C24H27FN4O2S/c1-17-26-22(16-32-17)19-4-3-5-20(13-19)27-24(30)15-29-10-8-28(9-11-29)14-18-6-7-23(31-2)21(25)12-18/h3-7,12-13,16H,8-11,14-15H2,1-2H3,(H,27,30). The third kappa shape index (κ3) is 5.70. The number of halogens is 1. The molecule has 0 radical (unpaired) electrons. The number of aryl methyl sites for hydroxylation is 1. The van der Waals surface area contributed by atoms with E-state index in [2.05, 4.69) is 20.1 Å². The molecule has 0 bridgehead atoms. The number of thiazole rings is 1. The highest BCUT2D eigenvalue weighted by Gasteiger charge is 2.19. The molecule has 0 atom stereocenters. The summed E-state index contributed by atoms with van der Waals surface area (Å²) < 4.78 is 18.9. The molecule has 1 amide bonds. The first-order valence-electron chi connectivity index (χ1n) is 10.6. The summed E-state index contributed by atoms with van der Waals surface area (Å²) in [4.78, 5) is 21.5. The van der Waals surface area contributed by atoms with Crippen molar-refractivity contribution < 1.29 is 13.9 Å². The van der Waals surface area contributed by atoms with E-state index in [-0.39, 0.29) is 17.5 Å². The lowest BCUT2D eigenvalue weighted by Crippen LogP contribution is -2.48. The molecule has 1 N–H and O–H groups in total. The first-order chi connectivity index (χ1) is 15.5. The van der Waals surface area contributed by atoms with Crippen molar-refractivity contribution in [1.82, 2.24) is 14.8 Å². The third-order valence-corrected chi connectivity index (χ3v) is 6.29. The molecule has 1 saturated heterocycles. The van der Waals surface area contributed by atoms with Crippen molar-refractivity contribution >= 4 is 22.9 Å². The summed E-state index contributed by atoms with van der Waals surface area (Å²) in [5.41, 5.74) is 3.62. The molecule has 1 aliphatic rings. The SMILES string of the molecule is COc1ccc(CN2CCN(CC(=O)Nc3cccc(-c4csc(C)n4)c3)CC2)cc1F. The first kappa shape index (κ1) is 22.4. The van der Waals surface area contributed by atoms with Gasteiger partial charge in [-0.3, -0.25) is 14.6 Å². The molecule has 2 aromatic carbocycles. The number of rotatable bonds is 7. The van der Waals surface area contributed by atoms with Gasteiger partial charge in [0.2, 0.25) is 5.91 Å². The van der Waals surface area contributed by atoms with Gasteiger partial charge in [0.25, 0.3) is 0 Å². The van der Waals surface area contributed by atoms with Crippen LogP contribution >= 0.6 is 11.3 Å². The summed E-state index contributed by atoms with van der Waals surface area (Å²) in [6, 6.07) is 12.9. The van der Waals surface area contributed by atoms with E-state index in [1.54, 1.807) is 17.4 Å². The third-order valence-electron chi connectivity index (χ3n) is 5.52. The topological polar surface area (TPSA) is 57.7 Å². The van der Waals surface area contributed by atoms with Crippen LogP contribution in [0.15, 0.2) is 47.8 Å². The number of aromatic nitrogens is 1. The van der Waals surface area contributed by atoms with E-state index in [0.29, 0.717) is 13.1 Å². The Bertz CT molecular complexity index is 1080. The summed E-state index contributed by atoms with van der Waals surface area (Å²) in [6.07, 6.45) is 0. The van der Waals surface area contributed by atoms with Crippen molar-refractivity contribution in [3.05, 3.63) is 64.2 Å². The summed E-state index contributed by atoms with van der Waals surface area (Å²) in [5.74, 6) is -0.103. The molecule has 32 heavy (non-hydrogen) atoms. The van der Waals surface area contributed by atoms with Crippen LogP contribution in [0.1, 0.15) is 10.6 Å². The van der Waals surface area contributed by atoms with Gasteiger partial charge in [-0.2, -0.15) is 0 Å². The zero-order chi connectivity index (χ0) is 22.5. The quantitative estimate of drug-likeness (QED) is 0.584. The van der Waals surface area contributed by atoms with E-state index < -0.39 is 0 Å². The number of hydrogen-bond donors (Lipinski definition) is 1. The minimum atomic E-state index is -0.339. The van der Waals surface area contributed by atoms with Gasteiger partial charge < -0.3 is 10.1 Å². The minimum absolute atomic E-state index is 0.0257. The van der Waals surface area contributed by atoms with E-state index in [1.807, 2.05) is 42.6 Å². The Labute approximate surface area is 191 Å². The maximum atomic E-state index is 13.9. The molecule has 0 aliphatic carbocycles. The van der Waals surface area contributed by atoms with Crippen LogP contribution in [0.5, 0.6) is 5.75 Å². The van der Waals surface area contributed by atoms with E-state index in [9.17, 15) is 9.18 Å². The summed E-state index contributed by atoms with van der Waals surface area (Å²) in [5, 5.41) is 6.05. The average molecular weight is 455 g/mol. The number of ether oxygens (including phenoxy) is 1. The molecule has 8 heteroatoms. The monoisotopic (exact) mass is 454 g/mol. The lowest BCUT2D eigenvalue weighted by atomic mass is 10.1. The number of methoxy groups -OCH3 is 1. The highest BCUT2D eigenvalue weighted by molar-refractivity contribution is 7.09. The van der Waals surface area contributed by atoms with Gasteiger partial charge in [-0.05, 0) is 36.8 Å². The number of piperazine rings is 1. The molecule has 1 aliphatic heterocycles. The molecule has 2 heterocycles. The maximum absolute atomic E-state index is 13.9. The van der Waals surface area contributed by atoms with Crippen molar-refractivity contribution in [3.8, 4) is 17.0 Å². The number of hydrogen-bond acceptors (Lipinski definition) is 6. The predicted molar refractivity (Wildman–Crippen MR) is 126 cm³/mol. The molecule has 6 nitrogen and oxygen atoms in total. The van der Waals surface area contributed by atoms with Gasteiger partial charge in [-0.15, -0.1) is 11.3 Å². The van der Waals surface area contributed by atoms with Crippen LogP contribution in [0.2, 0.25) is 0 Å². The highest BCUT2D eigenvalue weighted by atomic mass is 32.1. The van der Waals surface area contributed by atoms with Crippen LogP contribution < -0.4 is 10.1 Å². The molecule has 0 saturated carbocycles. The van der Waals surface area contributed by atoms with Gasteiger partial charge in [0.15, 0.2) is 11.6 Å². The number of nitrogens with one attached hydrogen (secondary N) is 1. The van der Waals surface area contributed by atoms with Crippen LogP contribution in [0, 0.1) is 12.7 Å². The van der Waals surface area contributed by atoms with Crippen molar-refractivity contribution in [2.45, 2.75) is 13.5 Å². The normalized spacial score (nSPS) is 15.0. The van der Waals surface area contributed by atoms with Gasteiger partial charge >= 0.3 is 0 Å². The Morgan fingerprint density at radius 2 is 1.94 bits per heavy atom. The maximum Gasteiger partial charge on any atom is 0.238 e. The fourth-order valence-corrected chi connectivity index (χ4v) is 4.45. The molecule has 0 unspecified atom stereocenters. The number of benzene rings is 2.